The van der Waals surface area contributed by atoms with Gasteiger partial charge in [-0.05, 0) is 42.3 Å². The van der Waals surface area contributed by atoms with Crippen LogP contribution in [-0.2, 0) is 6.42 Å². The van der Waals surface area contributed by atoms with Crippen LogP contribution in [0, 0.1) is 5.82 Å². The largest absolute Gasteiger partial charge is 0.573 e. The lowest BCUT2D eigenvalue weighted by Gasteiger charge is -2.10. The zero-order valence-corrected chi connectivity index (χ0v) is 12.7. The average Bonchev–Trinajstić information content (AvgIpc) is 2.51. The first kappa shape index (κ1) is 17.8. The van der Waals surface area contributed by atoms with Crippen molar-refractivity contribution in [3.63, 3.8) is 0 Å². The van der Waals surface area contributed by atoms with Crippen molar-refractivity contribution in [3.8, 4) is 11.5 Å². The van der Waals surface area contributed by atoms with Gasteiger partial charge in [0.1, 0.15) is 5.75 Å². The highest BCUT2D eigenvalue weighted by molar-refractivity contribution is 5.96. The van der Waals surface area contributed by atoms with Crippen LogP contribution in [0.3, 0.4) is 0 Å². The molecule has 2 rings (SSSR count). The highest BCUT2D eigenvalue weighted by Gasteiger charge is 2.31. The van der Waals surface area contributed by atoms with Crippen molar-refractivity contribution in [2.45, 2.75) is 19.2 Å². The lowest BCUT2D eigenvalue weighted by Crippen LogP contribution is -2.17. The maximum atomic E-state index is 13.6. The predicted molar refractivity (Wildman–Crippen MR) is 78.7 cm³/mol. The van der Waals surface area contributed by atoms with E-state index >= 15 is 0 Å². The SMILES string of the molecule is COc1ccc(C(=O)CCc2cccc(OC(F)(F)F)c2)cc1F. The van der Waals surface area contributed by atoms with Crippen molar-refractivity contribution in [3.05, 3.63) is 59.4 Å². The van der Waals surface area contributed by atoms with Crippen molar-refractivity contribution in [1.82, 2.24) is 0 Å². The molecule has 0 saturated heterocycles. The van der Waals surface area contributed by atoms with E-state index in [2.05, 4.69) is 4.74 Å². The molecular formula is C17H14F4O3. The van der Waals surface area contributed by atoms with Crippen LogP contribution >= 0.6 is 0 Å². The summed E-state index contributed by atoms with van der Waals surface area (Å²) in [5, 5.41) is 0. The number of Topliss-reactive ketones (excluding diaryl/α,β-unsaturated/α-hetero) is 1. The number of rotatable bonds is 6. The van der Waals surface area contributed by atoms with Crippen LogP contribution in [0.5, 0.6) is 11.5 Å². The van der Waals surface area contributed by atoms with Gasteiger partial charge in [-0.25, -0.2) is 4.39 Å². The molecule has 0 N–H and O–H groups in total. The van der Waals surface area contributed by atoms with E-state index < -0.39 is 12.2 Å². The predicted octanol–water partition coefficient (Wildman–Crippen LogP) is 4.55. The van der Waals surface area contributed by atoms with Crippen LogP contribution in [0.25, 0.3) is 0 Å². The monoisotopic (exact) mass is 342 g/mol. The highest BCUT2D eigenvalue weighted by atomic mass is 19.4. The van der Waals surface area contributed by atoms with Crippen molar-refractivity contribution in [2.75, 3.05) is 7.11 Å². The molecule has 0 bridgehead atoms. The Hall–Kier alpha value is -2.57. The highest BCUT2D eigenvalue weighted by Crippen LogP contribution is 2.24. The number of halogens is 4. The van der Waals surface area contributed by atoms with Gasteiger partial charge in [-0.2, -0.15) is 0 Å². The molecule has 0 fully saturated rings. The second kappa shape index (κ2) is 7.33. The van der Waals surface area contributed by atoms with E-state index in [4.69, 9.17) is 4.74 Å². The minimum atomic E-state index is -4.77. The molecule has 0 spiro atoms. The Balaban J connectivity index is 2.01. The fourth-order valence-corrected chi connectivity index (χ4v) is 2.14. The lowest BCUT2D eigenvalue weighted by atomic mass is 10.0. The van der Waals surface area contributed by atoms with Crippen LogP contribution in [0.2, 0.25) is 0 Å². The Labute approximate surface area is 135 Å². The first-order chi connectivity index (χ1) is 11.3. The van der Waals surface area contributed by atoms with Gasteiger partial charge < -0.3 is 9.47 Å². The molecule has 0 aliphatic heterocycles. The molecule has 0 saturated carbocycles. The molecule has 128 valence electrons. The molecule has 3 nitrogen and oxygen atoms in total. The van der Waals surface area contributed by atoms with Gasteiger partial charge in [0.15, 0.2) is 17.3 Å². The molecule has 7 heteroatoms. The van der Waals surface area contributed by atoms with Gasteiger partial charge in [0, 0.05) is 12.0 Å². The number of alkyl halides is 3. The number of hydrogen-bond donors (Lipinski definition) is 0. The summed E-state index contributed by atoms with van der Waals surface area (Å²) >= 11 is 0. The molecule has 2 aromatic rings. The van der Waals surface area contributed by atoms with Crippen LogP contribution in [0.15, 0.2) is 42.5 Å². The average molecular weight is 342 g/mol. The first-order valence-corrected chi connectivity index (χ1v) is 7.00. The summed E-state index contributed by atoms with van der Waals surface area (Å²) in [6, 6.07) is 9.25. The Morgan fingerprint density at radius 2 is 1.88 bits per heavy atom. The Morgan fingerprint density at radius 1 is 1.12 bits per heavy atom. The number of ketones is 1. The smallest absolute Gasteiger partial charge is 0.494 e. The van der Waals surface area contributed by atoms with Gasteiger partial charge in [0.05, 0.1) is 7.11 Å². The van der Waals surface area contributed by atoms with Crippen LogP contribution in [0.1, 0.15) is 22.3 Å². The molecule has 0 amide bonds. The summed E-state index contributed by atoms with van der Waals surface area (Å²) in [6.45, 7) is 0. The zero-order valence-electron chi connectivity index (χ0n) is 12.7. The first-order valence-electron chi connectivity index (χ1n) is 7.00. The third-order valence-electron chi connectivity index (χ3n) is 3.25. The fourth-order valence-electron chi connectivity index (χ4n) is 2.14. The second-order valence-electron chi connectivity index (χ2n) is 4.97. The van der Waals surface area contributed by atoms with Gasteiger partial charge in [0.2, 0.25) is 0 Å². The molecule has 0 atom stereocenters. The van der Waals surface area contributed by atoms with Crippen molar-refractivity contribution in [2.24, 2.45) is 0 Å². The number of ether oxygens (including phenoxy) is 2. The van der Waals surface area contributed by atoms with E-state index in [1.165, 1.54) is 37.4 Å². The van der Waals surface area contributed by atoms with Crippen LogP contribution in [0.4, 0.5) is 17.6 Å². The topological polar surface area (TPSA) is 35.5 Å². The molecule has 0 radical (unpaired) electrons. The van der Waals surface area contributed by atoms with E-state index in [9.17, 15) is 22.4 Å². The van der Waals surface area contributed by atoms with Crippen LogP contribution in [-0.4, -0.2) is 19.3 Å². The van der Waals surface area contributed by atoms with E-state index in [0.717, 1.165) is 6.07 Å². The summed E-state index contributed by atoms with van der Waals surface area (Å²) in [6.07, 6.45) is -4.53. The number of methoxy groups -OCH3 is 1. The molecule has 0 unspecified atom stereocenters. The minimum absolute atomic E-state index is 0.0290. The molecular weight excluding hydrogens is 328 g/mol. The molecule has 0 heterocycles. The standard InChI is InChI=1S/C17H14F4O3/c1-23-16-8-6-12(10-14(16)18)15(22)7-5-11-3-2-4-13(9-11)24-17(19,20)21/h2-4,6,8-10H,5,7H2,1H3. The zero-order chi connectivity index (χ0) is 17.7. The maximum absolute atomic E-state index is 13.6. The number of carbonyl (C=O) groups excluding carboxylic acids is 1. The number of hydrogen-bond acceptors (Lipinski definition) is 3. The van der Waals surface area contributed by atoms with Gasteiger partial charge in [-0.15, -0.1) is 13.2 Å². The molecule has 0 aliphatic rings. The van der Waals surface area contributed by atoms with Crippen LogP contribution < -0.4 is 9.47 Å². The summed E-state index contributed by atoms with van der Waals surface area (Å²) in [4.78, 5) is 12.1. The van der Waals surface area contributed by atoms with Crippen molar-refractivity contribution < 1.29 is 31.8 Å². The number of carbonyl (C=O) groups is 1. The normalized spacial score (nSPS) is 11.2. The van der Waals surface area contributed by atoms with Gasteiger partial charge >= 0.3 is 6.36 Å². The maximum Gasteiger partial charge on any atom is 0.573 e. The summed E-state index contributed by atoms with van der Waals surface area (Å²) in [5.41, 5.74) is 0.690. The third kappa shape index (κ3) is 4.97. The summed E-state index contributed by atoms with van der Waals surface area (Å²) < 4.78 is 58.7. The van der Waals surface area contributed by atoms with Crippen molar-refractivity contribution >= 4 is 5.78 Å². The quantitative estimate of drug-likeness (QED) is 0.571. The summed E-state index contributed by atoms with van der Waals surface area (Å²) in [7, 11) is 1.32. The second-order valence-corrected chi connectivity index (χ2v) is 4.97. The molecule has 0 aromatic heterocycles. The molecule has 24 heavy (non-hydrogen) atoms. The molecule has 0 aliphatic carbocycles. The number of aryl methyl sites for hydroxylation is 1. The van der Waals surface area contributed by atoms with E-state index in [-0.39, 0.29) is 35.7 Å². The third-order valence-corrected chi connectivity index (χ3v) is 3.25. The number of benzene rings is 2. The van der Waals surface area contributed by atoms with E-state index in [1.54, 1.807) is 6.07 Å². The fraction of sp³-hybridized carbons (Fsp3) is 0.235. The Morgan fingerprint density at radius 3 is 2.50 bits per heavy atom. The Bertz CT molecular complexity index is 726. The molecule has 2 aromatic carbocycles. The van der Waals surface area contributed by atoms with E-state index in [0.29, 0.717) is 5.56 Å². The van der Waals surface area contributed by atoms with Crippen molar-refractivity contribution in [1.29, 1.82) is 0 Å². The van der Waals surface area contributed by atoms with Gasteiger partial charge in [-0.3, -0.25) is 4.79 Å². The lowest BCUT2D eigenvalue weighted by molar-refractivity contribution is -0.274. The van der Waals surface area contributed by atoms with Gasteiger partial charge in [0.25, 0.3) is 0 Å². The van der Waals surface area contributed by atoms with E-state index in [1.807, 2.05) is 0 Å². The summed E-state index contributed by atoms with van der Waals surface area (Å²) in [5.74, 6) is -1.28. The Kier molecular flexibility index (Phi) is 5.43. The van der Waals surface area contributed by atoms with Gasteiger partial charge in [-0.1, -0.05) is 12.1 Å². The minimum Gasteiger partial charge on any atom is -0.494 e.